The van der Waals surface area contributed by atoms with Crippen LogP contribution in [0.5, 0.6) is 5.75 Å². The van der Waals surface area contributed by atoms with Gasteiger partial charge in [0.15, 0.2) is 0 Å². The molecule has 2 aromatic rings. The molecular weight excluding hydrogens is 252 g/mol. The van der Waals surface area contributed by atoms with Gasteiger partial charge in [-0.05, 0) is 38.0 Å². The van der Waals surface area contributed by atoms with Crippen LogP contribution in [0.4, 0.5) is 0 Å². The number of methoxy groups -OCH3 is 1. The van der Waals surface area contributed by atoms with Crippen LogP contribution in [0.15, 0.2) is 23.2 Å². The number of nitrogens with one attached hydrogen (secondary N) is 1. The molecule has 1 N–H and O–H groups in total. The Labute approximate surface area is 117 Å². The Bertz CT molecular complexity index is 690. The fraction of sp³-hybridized carbons (Fsp3) is 0.438. The first-order valence-electron chi connectivity index (χ1n) is 6.95. The van der Waals surface area contributed by atoms with Gasteiger partial charge in [0.1, 0.15) is 11.3 Å². The van der Waals surface area contributed by atoms with E-state index in [-0.39, 0.29) is 0 Å². The summed E-state index contributed by atoms with van der Waals surface area (Å²) < 4.78 is 5.54. The number of aryl methyl sites for hydroxylation is 1. The van der Waals surface area contributed by atoms with Gasteiger partial charge in [-0.15, -0.1) is 0 Å². The quantitative estimate of drug-likeness (QED) is 0.684. The molecule has 0 unspecified atom stereocenters. The molecule has 0 amide bonds. The van der Waals surface area contributed by atoms with Gasteiger partial charge in [-0.2, -0.15) is 4.99 Å². The molecule has 0 bridgehead atoms. The van der Waals surface area contributed by atoms with Crippen molar-refractivity contribution < 1.29 is 9.53 Å². The molecule has 1 aromatic heterocycles. The lowest BCUT2D eigenvalue weighted by Crippen LogP contribution is -2.20. The van der Waals surface area contributed by atoms with Gasteiger partial charge in [-0.3, -0.25) is 0 Å². The maximum atomic E-state index is 10.9. The predicted octanol–water partition coefficient (Wildman–Crippen LogP) is 3.59. The van der Waals surface area contributed by atoms with Crippen LogP contribution in [0.3, 0.4) is 0 Å². The van der Waals surface area contributed by atoms with Crippen LogP contribution in [-0.2, 0) is 10.3 Å². The van der Waals surface area contributed by atoms with Gasteiger partial charge < -0.3 is 9.72 Å². The molecule has 1 aliphatic rings. The molecule has 0 radical (unpaired) electrons. The highest BCUT2D eigenvalue weighted by Crippen LogP contribution is 2.46. The summed E-state index contributed by atoms with van der Waals surface area (Å²) in [5.41, 5.74) is 2.71. The number of ether oxygens (including phenoxy) is 1. The number of hydrogen-bond acceptors (Lipinski definition) is 3. The topological polar surface area (TPSA) is 54.4 Å². The fourth-order valence-electron chi connectivity index (χ4n) is 3.33. The van der Waals surface area contributed by atoms with Crippen LogP contribution in [0, 0.1) is 6.92 Å². The van der Waals surface area contributed by atoms with Crippen molar-refractivity contribution in [3.8, 4) is 5.75 Å². The maximum Gasteiger partial charge on any atom is 0.235 e. The van der Waals surface area contributed by atoms with Crippen LogP contribution in [0.2, 0.25) is 0 Å². The lowest BCUT2D eigenvalue weighted by Gasteiger charge is -2.25. The summed E-state index contributed by atoms with van der Waals surface area (Å²) in [5, 5.41) is 1.12. The van der Waals surface area contributed by atoms with Crippen molar-refractivity contribution in [3.05, 3.63) is 29.5 Å². The monoisotopic (exact) mass is 270 g/mol. The van der Waals surface area contributed by atoms with Gasteiger partial charge in [0.05, 0.1) is 7.11 Å². The van der Waals surface area contributed by atoms with E-state index in [2.05, 4.69) is 22.1 Å². The van der Waals surface area contributed by atoms with Crippen LogP contribution < -0.4 is 4.74 Å². The zero-order chi connectivity index (χ0) is 14.2. The van der Waals surface area contributed by atoms with Crippen LogP contribution in [0.25, 0.3) is 10.9 Å². The Morgan fingerprint density at radius 1 is 1.30 bits per heavy atom. The van der Waals surface area contributed by atoms with E-state index in [1.54, 1.807) is 13.2 Å². The van der Waals surface area contributed by atoms with Crippen LogP contribution in [0.1, 0.15) is 36.9 Å². The van der Waals surface area contributed by atoms with E-state index in [1.165, 1.54) is 0 Å². The van der Waals surface area contributed by atoms with Crippen molar-refractivity contribution in [2.45, 2.75) is 38.1 Å². The summed E-state index contributed by atoms with van der Waals surface area (Å²) in [4.78, 5) is 18.4. The van der Waals surface area contributed by atoms with Gasteiger partial charge in [-0.25, -0.2) is 4.79 Å². The Balaban J connectivity index is 2.24. The number of H-pyrrole nitrogens is 1. The number of isocyanates is 1. The van der Waals surface area contributed by atoms with E-state index in [0.29, 0.717) is 0 Å². The molecule has 1 fully saturated rings. The first kappa shape index (κ1) is 12.9. The van der Waals surface area contributed by atoms with Gasteiger partial charge in [0.25, 0.3) is 0 Å². The zero-order valence-corrected chi connectivity index (χ0v) is 11.8. The minimum Gasteiger partial charge on any atom is -0.496 e. The number of fused-ring (bicyclic) bond motifs is 1. The summed E-state index contributed by atoms with van der Waals surface area (Å²) in [7, 11) is 1.66. The molecular formula is C16H18N2O2. The highest BCUT2D eigenvalue weighted by atomic mass is 16.5. The molecule has 3 rings (SSSR count). The Morgan fingerprint density at radius 2 is 2.05 bits per heavy atom. The summed E-state index contributed by atoms with van der Waals surface area (Å²) in [6.45, 7) is 2.03. The van der Waals surface area contributed by atoms with E-state index in [0.717, 1.165) is 53.6 Å². The molecule has 1 saturated carbocycles. The number of aromatic amines is 1. The predicted molar refractivity (Wildman–Crippen MR) is 77.9 cm³/mol. The molecule has 0 aliphatic heterocycles. The average molecular weight is 270 g/mol. The third kappa shape index (κ3) is 1.93. The van der Waals surface area contributed by atoms with Crippen molar-refractivity contribution in [2.24, 2.45) is 4.99 Å². The SMILES string of the molecule is COc1cc2cc(C)[nH]c2cc1C1(N=C=O)CCCC1. The smallest absolute Gasteiger partial charge is 0.235 e. The second-order valence-corrected chi connectivity index (χ2v) is 5.53. The van der Waals surface area contributed by atoms with Gasteiger partial charge in [0, 0.05) is 22.2 Å². The van der Waals surface area contributed by atoms with Crippen molar-refractivity contribution in [1.82, 2.24) is 4.98 Å². The van der Waals surface area contributed by atoms with E-state index >= 15 is 0 Å². The van der Waals surface area contributed by atoms with Gasteiger partial charge in [0.2, 0.25) is 6.08 Å². The summed E-state index contributed by atoms with van der Waals surface area (Å²) >= 11 is 0. The highest BCUT2D eigenvalue weighted by molar-refractivity contribution is 5.83. The average Bonchev–Trinajstić information content (AvgIpc) is 3.03. The van der Waals surface area contributed by atoms with E-state index in [9.17, 15) is 4.79 Å². The van der Waals surface area contributed by atoms with Crippen LogP contribution >= 0.6 is 0 Å². The van der Waals surface area contributed by atoms with E-state index in [1.807, 2.05) is 13.0 Å². The lowest BCUT2D eigenvalue weighted by molar-refractivity contribution is 0.380. The number of benzene rings is 1. The normalized spacial score (nSPS) is 17.1. The molecule has 20 heavy (non-hydrogen) atoms. The largest absolute Gasteiger partial charge is 0.496 e. The minimum atomic E-state index is -0.458. The standard InChI is InChI=1S/C16H18N2O2/c1-11-7-12-8-15(20-2)13(9-14(12)18-11)16(17-10-19)5-3-4-6-16/h7-9,18H,3-6H2,1-2H3. The van der Waals surface area contributed by atoms with Crippen LogP contribution in [-0.4, -0.2) is 18.2 Å². The molecule has 1 aromatic carbocycles. The second kappa shape index (κ2) is 4.80. The summed E-state index contributed by atoms with van der Waals surface area (Å²) in [6.07, 6.45) is 5.68. The third-order valence-electron chi connectivity index (χ3n) is 4.27. The van der Waals surface area contributed by atoms with E-state index < -0.39 is 5.54 Å². The van der Waals surface area contributed by atoms with Crippen molar-refractivity contribution in [2.75, 3.05) is 7.11 Å². The molecule has 0 atom stereocenters. The molecule has 4 nitrogen and oxygen atoms in total. The number of aromatic nitrogens is 1. The molecule has 0 saturated heterocycles. The minimum absolute atomic E-state index is 0.458. The number of carbonyl (C=O) groups excluding carboxylic acids is 1. The van der Waals surface area contributed by atoms with Crippen molar-refractivity contribution in [1.29, 1.82) is 0 Å². The number of rotatable bonds is 3. The van der Waals surface area contributed by atoms with E-state index in [4.69, 9.17) is 4.74 Å². The maximum absolute atomic E-state index is 10.9. The summed E-state index contributed by atoms with van der Waals surface area (Å²) in [5.74, 6) is 0.803. The van der Waals surface area contributed by atoms with Crippen molar-refractivity contribution >= 4 is 17.0 Å². The number of aliphatic imine (C=N–C) groups is 1. The summed E-state index contributed by atoms with van der Waals surface area (Å²) in [6, 6.07) is 6.19. The number of nitrogens with zero attached hydrogens (tertiary/aromatic N) is 1. The van der Waals surface area contributed by atoms with Crippen molar-refractivity contribution in [3.63, 3.8) is 0 Å². The molecule has 4 heteroatoms. The highest BCUT2D eigenvalue weighted by Gasteiger charge is 2.38. The first-order valence-corrected chi connectivity index (χ1v) is 6.95. The second-order valence-electron chi connectivity index (χ2n) is 5.53. The zero-order valence-electron chi connectivity index (χ0n) is 11.8. The molecule has 1 aliphatic carbocycles. The lowest BCUT2D eigenvalue weighted by atomic mass is 9.87. The Morgan fingerprint density at radius 3 is 2.70 bits per heavy atom. The van der Waals surface area contributed by atoms with Gasteiger partial charge >= 0.3 is 0 Å². The Kier molecular flexibility index (Phi) is 3.11. The first-order chi connectivity index (χ1) is 9.68. The molecule has 0 spiro atoms. The molecule has 104 valence electrons. The number of hydrogen-bond donors (Lipinski definition) is 1. The third-order valence-corrected chi connectivity index (χ3v) is 4.27. The van der Waals surface area contributed by atoms with Gasteiger partial charge in [-0.1, -0.05) is 12.8 Å². The molecule has 1 heterocycles. The Hall–Kier alpha value is -2.06. The fourth-order valence-corrected chi connectivity index (χ4v) is 3.33.